The summed E-state index contributed by atoms with van der Waals surface area (Å²) in [6.45, 7) is 4.95. The predicted octanol–water partition coefficient (Wildman–Crippen LogP) is 4.01. The summed E-state index contributed by atoms with van der Waals surface area (Å²) in [5.41, 5.74) is 0.899. The van der Waals surface area contributed by atoms with Crippen LogP contribution in [-0.2, 0) is 11.0 Å². The van der Waals surface area contributed by atoms with E-state index in [0.717, 1.165) is 17.7 Å². The van der Waals surface area contributed by atoms with Crippen molar-refractivity contribution in [3.63, 3.8) is 0 Å². The number of rotatable bonds is 5. The highest BCUT2D eigenvalue weighted by atomic mass is 19.4. The van der Waals surface area contributed by atoms with Gasteiger partial charge in [0.2, 0.25) is 5.91 Å². The molecule has 0 aliphatic rings. The average molecular weight is 378 g/mol. The Bertz CT molecular complexity index is 834. The molecule has 0 saturated carbocycles. The van der Waals surface area contributed by atoms with Gasteiger partial charge in [0, 0.05) is 5.56 Å². The molecule has 0 fully saturated rings. The second-order valence-corrected chi connectivity index (χ2v) is 6.42. The molecule has 2 amide bonds. The number of carbonyl (C=O) groups is 2. The lowest BCUT2D eigenvalue weighted by atomic mass is 10.0. The zero-order chi connectivity index (χ0) is 20.2. The monoisotopic (exact) mass is 378 g/mol. The molecular weight excluding hydrogens is 357 g/mol. The molecule has 2 aromatic rings. The number of hydrogen-bond acceptors (Lipinski definition) is 2. The first-order valence-electron chi connectivity index (χ1n) is 8.43. The third kappa shape index (κ3) is 5.57. The minimum atomic E-state index is -4.45. The van der Waals surface area contributed by atoms with Gasteiger partial charge in [-0.05, 0) is 50.6 Å². The van der Waals surface area contributed by atoms with Crippen LogP contribution in [0.4, 0.5) is 13.2 Å². The van der Waals surface area contributed by atoms with Gasteiger partial charge in [-0.1, -0.05) is 29.8 Å². The van der Waals surface area contributed by atoms with E-state index in [-0.39, 0.29) is 0 Å². The molecule has 2 unspecified atom stereocenters. The van der Waals surface area contributed by atoms with Crippen LogP contribution in [0.15, 0.2) is 48.5 Å². The molecule has 0 aliphatic heterocycles. The van der Waals surface area contributed by atoms with Crippen LogP contribution in [0.1, 0.15) is 46.9 Å². The minimum absolute atomic E-state index is 0.329. The minimum Gasteiger partial charge on any atom is -0.348 e. The zero-order valence-corrected chi connectivity index (χ0v) is 15.2. The Kier molecular flexibility index (Phi) is 6.25. The number of nitrogens with one attached hydrogen (secondary N) is 2. The highest BCUT2D eigenvalue weighted by Crippen LogP contribution is 2.30. The van der Waals surface area contributed by atoms with Crippen LogP contribution in [-0.4, -0.2) is 17.9 Å². The Balaban J connectivity index is 2.00. The molecule has 0 aliphatic carbocycles. The van der Waals surface area contributed by atoms with Gasteiger partial charge >= 0.3 is 6.18 Å². The molecule has 2 atom stereocenters. The van der Waals surface area contributed by atoms with Crippen molar-refractivity contribution in [3.8, 4) is 0 Å². The molecule has 2 rings (SSSR count). The molecule has 144 valence electrons. The van der Waals surface area contributed by atoms with E-state index in [2.05, 4.69) is 10.6 Å². The first-order valence-corrected chi connectivity index (χ1v) is 8.43. The summed E-state index contributed by atoms with van der Waals surface area (Å²) in [6.07, 6.45) is -4.45. The fourth-order valence-corrected chi connectivity index (χ4v) is 2.54. The van der Waals surface area contributed by atoms with Crippen LogP contribution in [0.2, 0.25) is 0 Å². The molecule has 0 spiro atoms. The number of aryl methyl sites for hydroxylation is 1. The van der Waals surface area contributed by atoms with Crippen molar-refractivity contribution in [1.82, 2.24) is 10.6 Å². The molecule has 2 N–H and O–H groups in total. The fraction of sp³-hybridized carbons (Fsp3) is 0.300. The van der Waals surface area contributed by atoms with E-state index in [4.69, 9.17) is 0 Å². The molecule has 0 saturated heterocycles. The summed E-state index contributed by atoms with van der Waals surface area (Å²) in [7, 11) is 0. The van der Waals surface area contributed by atoms with Crippen molar-refractivity contribution in [2.24, 2.45) is 0 Å². The van der Waals surface area contributed by atoms with Gasteiger partial charge in [-0.25, -0.2) is 0 Å². The van der Waals surface area contributed by atoms with Crippen LogP contribution in [0.25, 0.3) is 0 Å². The van der Waals surface area contributed by atoms with Crippen LogP contribution in [0, 0.1) is 6.92 Å². The number of carbonyl (C=O) groups excluding carboxylic acids is 2. The smallest absolute Gasteiger partial charge is 0.348 e. The standard InChI is InChI=1S/C20H21F3N2O2/c1-12-6-4-8-16(10-12)19(27)25-14(3)18(26)24-13(2)15-7-5-9-17(11-15)20(21,22)23/h4-11,13-14H,1-3H3,(H,24,26)(H,25,27). The molecular formula is C20H21F3N2O2. The molecule has 2 aromatic carbocycles. The first kappa shape index (κ1) is 20.5. The highest BCUT2D eigenvalue weighted by Gasteiger charge is 2.31. The molecule has 0 heterocycles. The zero-order valence-electron chi connectivity index (χ0n) is 15.2. The topological polar surface area (TPSA) is 58.2 Å². The van der Waals surface area contributed by atoms with Crippen LogP contribution >= 0.6 is 0 Å². The summed E-state index contributed by atoms with van der Waals surface area (Å²) in [4.78, 5) is 24.5. The van der Waals surface area contributed by atoms with Gasteiger partial charge in [0.25, 0.3) is 5.91 Å². The van der Waals surface area contributed by atoms with Crippen molar-refractivity contribution < 1.29 is 22.8 Å². The Morgan fingerprint density at radius 2 is 1.63 bits per heavy atom. The van der Waals surface area contributed by atoms with Crippen molar-refractivity contribution in [2.45, 2.75) is 39.0 Å². The van der Waals surface area contributed by atoms with E-state index >= 15 is 0 Å². The van der Waals surface area contributed by atoms with E-state index in [1.54, 1.807) is 25.1 Å². The van der Waals surface area contributed by atoms with Crippen molar-refractivity contribution in [1.29, 1.82) is 0 Å². The number of benzene rings is 2. The van der Waals surface area contributed by atoms with Crippen molar-refractivity contribution in [3.05, 3.63) is 70.8 Å². The van der Waals surface area contributed by atoms with Gasteiger partial charge < -0.3 is 10.6 Å². The average Bonchev–Trinajstić information content (AvgIpc) is 2.60. The second kappa shape index (κ2) is 8.24. The van der Waals surface area contributed by atoms with E-state index < -0.39 is 35.6 Å². The summed E-state index contributed by atoms with van der Waals surface area (Å²) in [5, 5.41) is 5.21. The second-order valence-electron chi connectivity index (χ2n) is 6.42. The lowest BCUT2D eigenvalue weighted by Gasteiger charge is -2.20. The van der Waals surface area contributed by atoms with E-state index in [0.29, 0.717) is 11.1 Å². The van der Waals surface area contributed by atoms with Crippen LogP contribution in [0.5, 0.6) is 0 Å². The Labute approximate surface area is 155 Å². The van der Waals surface area contributed by atoms with Crippen molar-refractivity contribution >= 4 is 11.8 Å². The third-order valence-corrected chi connectivity index (χ3v) is 4.09. The number of amides is 2. The summed E-state index contributed by atoms with van der Waals surface area (Å²) >= 11 is 0. The van der Waals surface area contributed by atoms with E-state index in [9.17, 15) is 22.8 Å². The quantitative estimate of drug-likeness (QED) is 0.826. The molecule has 0 aromatic heterocycles. The van der Waals surface area contributed by atoms with E-state index in [1.807, 2.05) is 13.0 Å². The van der Waals surface area contributed by atoms with Gasteiger partial charge in [-0.2, -0.15) is 13.2 Å². The molecule has 4 nitrogen and oxygen atoms in total. The Morgan fingerprint density at radius 3 is 2.26 bits per heavy atom. The van der Waals surface area contributed by atoms with Gasteiger partial charge in [-0.3, -0.25) is 9.59 Å². The Morgan fingerprint density at radius 1 is 0.963 bits per heavy atom. The highest BCUT2D eigenvalue weighted by molar-refractivity contribution is 5.97. The van der Waals surface area contributed by atoms with Gasteiger partial charge in [-0.15, -0.1) is 0 Å². The normalized spacial score (nSPS) is 13.6. The van der Waals surface area contributed by atoms with Gasteiger partial charge in [0.1, 0.15) is 6.04 Å². The lowest BCUT2D eigenvalue weighted by molar-refractivity contribution is -0.137. The van der Waals surface area contributed by atoms with Gasteiger partial charge in [0.05, 0.1) is 11.6 Å². The first-order chi connectivity index (χ1) is 12.6. The number of hydrogen-bond donors (Lipinski definition) is 2. The maximum Gasteiger partial charge on any atom is 0.416 e. The third-order valence-electron chi connectivity index (χ3n) is 4.09. The summed E-state index contributed by atoms with van der Waals surface area (Å²) < 4.78 is 38.5. The van der Waals surface area contributed by atoms with E-state index in [1.165, 1.54) is 19.1 Å². The maximum absolute atomic E-state index is 12.8. The molecule has 27 heavy (non-hydrogen) atoms. The van der Waals surface area contributed by atoms with Crippen molar-refractivity contribution in [2.75, 3.05) is 0 Å². The maximum atomic E-state index is 12.8. The molecule has 0 bridgehead atoms. The number of halogens is 3. The lowest BCUT2D eigenvalue weighted by Crippen LogP contribution is -2.45. The Hall–Kier alpha value is -2.83. The fourth-order valence-electron chi connectivity index (χ4n) is 2.54. The number of alkyl halides is 3. The largest absolute Gasteiger partial charge is 0.416 e. The SMILES string of the molecule is Cc1cccc(C(=O)NC(C)C(=O)NC(C)c2cccc(C(F)(F)F)c2)c1. The summed E-state index contributed by atoms with van der Waals surface area (Å²) in [6, 6.07) is 10.2. The summed E-state index contributed by atoms with van der Waals surface area (Å²) in [5.74, 6) is -0.881. The predicted molar refractivity (Wildman–Crippen MR) is 96.1 cm³/mol. The molecule has 0 radical (unpaired) electrons. The van der Waals surface area contributed by atoms with Crippen LogP contribution in [0.3, 0.4) is 0 Å². The molecule has 7 heteroatoms. The van der Waals surface area contributed by atoms with Crippen LogP contribution < -0.4 is 10.6 Å². The van der Waals surface area contributed by atoms with Gasteiger partial charge in [0.15, 0.2) is 0 Å².